The molecule has 0 amide bonds. The van der Waals surface area contributed by atoms with Gasteiger partial charge in [0.2, 0.25) is 0 Å². The number of nitrogens with zero attached hydrogens (tertiary/aromatic N) is 1. The van der Waals surface area contributed by atoms with Crippen molar-refractivity contribution in [3.63, 3.8) is 0 Å². The lowest BCUT2D eigenvalue weighted by atomic mass is 10.2. The highest BCUT2D eigenvalue weighted by molar-refractivity contribution is 8.13. The molecule has 0 spiro atoms. The lowest BCUT2D eigenvalue weighted by molar-refractivity contribution is 0.570. The SMILES string of the molecule is CCC1CCSC(=NCCCS(C)=O)N1. The van der Waals surface area contributed by atoms with E-state index in [0.29, 0.717) is 6.04 Å². The van der Waals surface area contributed by atoms with Crippen molar-refractivity contribution in [2.45, 2.75) is 32.2 Å². The summed E-state index contributed by atoms with van der Waals surface area (Å²) < 4.78 is 10.8. The molecule has 2 unspecified atom stereocenters. The van der Waals surface area contributed by atoms with Gasteiger partial charge in [-0.2, -0.15) is 0 Å². The van der Waals surface area contributed by atoms with E-state index in [9.17, 15) is 4.21 Å². The van der Waals surface area contributed by atoms with Crippen LogP contribution in [0.3, 0.4) is 0 Å². The van der Waals surface area contributed by atoms with E-state index in [0.717, 1.165) is 23.9 Å². The first kappa shape index (κ1) is 13.0. The smallest absolute Gasteiger partial charge is 0.156 e. The maximum absolute atomic E-state index is 10.8. The average Bonchev–Trinajstić information content (AvgIpc) is 2.24. The van der Waals surface area contributed by atoms with Gasteiger partial charge in [-0.25, -0.2) is 0 Å². The largest absolute Gasteiger partial charge is 0.362 e. The monoisotopic (exact) mass is 248 g/mol. The average molecular weight is 248 g/mol. The molecular formula is C10H20N2OS2. The lowest BCUT2D eigenvalue weighted by Crippen LogP contribution is -2.37. The highest BCUT2D eigenvalue weighted by atomic mass is 32.2. The number of hydrogen-bond acceptors (Lipinski definition) is 3. The van der Waals surface area contributed by atoms with Gasteiger partial charge in [0, 0.05) is 41.1 Å². The van der Waals surface area contributed by atoms with Crippen LogP contribution >= 0.6 is 11.8 Å². The summed E-state index contributed by atoms with van der Waals surface area (Å²) in [4.78, 5) is 4.49. The van der Waals surface area contributed by atoms with Crippen LogP contribution in [0.1, 0.15) is 26.2 Å². The van der Waals surface area contributed by atoms with Crippen LogP contribution in [0, 0.1) is 0 Å². The van der Waals surface area contributed by atoms with Crippen LogP contribution in [-0.2, 0) is 10.8 Å². The molecule has 0 aromatic heterocycles. The number of hydrogen-bond donors (Lipinski definition) is 1. The Bertz CT molecular complexity index is 244. The normalized spacial score (nSPS) is 26.3. The fourth-order valence-corrected chi connectivity index (χ4v) is 3.00. The van der Waals surface area contributed by atoms with Gasteiger partial charge in [0.15, 0.2) is 5.17 Å². The van der Waals surface area contributed by atoms with Crippen LogP contribution in [0.25, 0.3) is 0 Å². The summed E-state index contributed by atoms with van der Waals surface area (Å²) in [5.74, 6) is 1.93. The van der Waals surface area contributed by atoms with Gasteiger partial charge in [-0.3, -0.25) is 9.20 Å². The summed E-state index contributed by atoms with van der Waals surface area (Å²) in [5.41, 5.74) is 0. The van der Waals surface area contributed by atoms with Crippen molar-refractivity contribution in [3.05, 3.63) is 0 Å². The molecule has 1 aliphatic heterocycles. The molecule has 0 aromatic rings. The summed E-state index contributed by atoms with van der Waals surface area (Å²) in [5, 5.41) is 4.51. The van der Waals surface area contributed by atoms with E-state index in [-0.39, 0.29) is 0 Å². The fraction of sp³-hybridized carbons (Fsp3) is 0.900. The molecule has 1 rings (SSSR count). The maximum atomic E-state index is 10.8. The predicted molar refractivity (Wildman–Crippen MR) is 70.1 cm³/mol. The third-order valence-electron chi connectivity index (χ3n) is 2.37. The molecular weight excluding hydrogens is 228 g/mol. The molecule has 1 heterocycles. The Hall–Kier alpha value is -0.0300. The highest BCUT2D eigenvalue weighted by Crippen LogP contribution is 2.15. The molecule has 3 nitrogen and oxygen atoms in total. The summed E-state index contributed by atoms with van der Waals surface area (Å²) >= 11 is 1.80. The number of thioether (sulfide) groups is 1. The van der Waals surface area contributed by atoms with Crippen molar-refractivity contribution < 1.29 is 4.21 Å². The summed E-state index contributed by atoms with van der Waals surface area (Å²) in [6.45, 7) is 3.00. The van der Waals surface area contributed by atoms with Crippen LogP contribution in [0.15, 0.2) is 4.99 Å². The van der Waals surface area contributed by atoms with Gasteiger partial charge in [-0.05, 0) is 19.3 Å². The Morgan fingerprint density at radius 2 is 2.47 bits per heavy atom. The van der Waals surface area contributed by atoms with Crippen molar-refractivity contribution in [3.8, 4) is 0 Å². The summed E-state index contributed by atoms with van der Waals surface area (Å²) in [6, 6.07) is 0.602. The maximum Gasteiger partial charge on any atom is 0.156 e. The van der Waals surface area contributed by atoms with E-state index in [1.807, 2.05) is 0 Å². The van der Waals surface area contributed by atoms with Crippen molar-refractivity contribution in [2.75, 3.05) is 24.3 Å². The Balaban J connectivity index is 2.23. The second-order valence-corrected chi connectivity index (χ2v) is 6.34. The second kappa shape index (κ2) is 7.28. The second-order valence-electron chi connectivity index (χ2n) is 3.70. The minimum Gasteiger partial charge on any atom is -0.362 e. The molecule has 1 aliphatic rings. The van der Waals surface area contributed by atoms with Crippen LogP contribution in [0.2, 0.25) is 0 Å². The molecule has 0 aliphatic carbocycles. The topological polar surface area (TPSA) is 41.5 Å². The first-order chi connectivity index (χ1) is 7.22. The van der Waals surface area contributed by atoms with Crippen molar-refractivity contribution in [1.82, 2.24) is 5.32 Å². The Labute approximate surface area is 99.0 Å². The molecule has 0 radical (unpaired) electrons. The van der Waals surface area contributed by atoms with E-state index in [1.54, 1.807) is 18.0 Å². The van der Waals surface area contributed by atoms with Gasteiger partial charge >= 0.3 is 0 Å². The first-order valence-electron chi connectivity index (χ1n) is 5.46. The molecule has 0 aromatic carbocycles. The van der Waals surface area contributed by atoms with E-state index in [4.69, 9.17) is 0 Å². The molecule has 0 bridgehead atoms. The summed E-state index contributed by atoms with van der Waals surface area (Å²) in [6.07, 6.45) is 5.07. The van der Waals surface area contributed by atoms with Crippen molar-refractivity contribution >= 4 is 27.7 Å². The van der Waals surface area contributed by atoms with Gasteiger partial charge in [-0.1, -0.05) is 18.7 Å². The van der Waals surface area contributed by atoms with E-state index in [2.05, 4.69) is 17.2 Å². The van der Waals surface area contributed by atoms with Gasteiger partial charge in [0.05, 0.1) is 0 Å². The summed E-state index contributed by atoms with van der Waals surface area (Å²) in [7, 11) is -0.677. The third kappa shape index (κ3) is 5.56. The van der Waals surface area contributed by atoms with Crippen molar-refractivity contribution in [2.24, 2.45) is 4.99 Å². The third-order valence-corrected chi connectivity index (χ3v) is 4.19. The standard InChI is InChI=1S/C10H20N2OS2/c1-3-9-5-7-14-10(12-9)11-6-4-8-15(2)13/h9H,3-8H2,1-2H3,(H,11,12). The highest BCUT2D eigenvalue weighted by Gasteiger charge is 2.14. The molecule has 88 valence electrons. The van der Waals surface area contributed by atoms with Gasteiger partial charge in [0.25, 0.3) is 0 Å². The lowest BCUT2D eigenvalue weighted by Gasteiger charge is -2.24. The number of nitrogens with one attached hydrogen (secondary N) is 1. The Kier molecular flexibility index (Phi) is 6.32. The van der Waals surface area contributed by atoms with Crippen LogP contribution in [0.5, 0.6) is 0 Å². The van der Waals surface area contributed by atoms with E-state index in [1.165, 1.54) is 18.6 Å². The van der Waals surface area contributed by atoms with E-state index < -0.39 is 10.8 Å². The molecule has 5 heteroatoms. The quantitative estimate of drug-likeness (QED) is 0.752. The Morgan fingerprint density at radius 1 is 1.67 bits per heavy atom. The molecule has 1 N–H and O–H groups in total. The number of amidine groups is 1. The van der Waals surface area contributed by atoms with E-state index >= 15 is 0 Å². The molecule has 1 fully saturated rings. The minimum absolute atomic E-state index is 0.602. The zero-order valence-corrected chi connectivity index (χ0v) is 11.1. The van der Waals surface area contributed by atoms with Crippen LogP contribution < -0.4 is 5.32 Å². The zero-order chi connectivity index (χ0) is 11.1. The number of aliphatic imine (C=N–C) groups is 1. The number of rotatable bonds is 5. The Morgan fingerprint density at radius 3 is 3.13 bits per heavy atom. The fourth-order valence-electron chi connectivity index (χ4n) is 1.43. The van der Waals surface area contributed by atoms with Gasteiger partial charge in [-0.15, -0.1) is 0 Å². The zero-order valence-electron chi connectivity index (χ0n) is 9.49. The molecule has 15 heavy (non-hydrogen) atoms. The van der Waals surface area contributed by atoms with Gasteiger partial charge < -0.3 is 5.32 Å². The minimum atomic E-state index is -0.677. The predicted octanol–water partition coefficient (Wildman–Crippen LogP) is 1.62. The van der Waals surface area contributed by atoms with Crippen LogP contribution in [-0.4, -0.2) is 39.7 Å². The molecule has 2 atom stereocenters. The first-order valence-corrected chi connectivity index (χ1v) is 8.17. The van der Waals surface area contributed by atoms with Gasteiger partial charge in [0.1, 0.15) is 0 Å². The molecule has 1 saturated heterocycles. The van der Waals surface area contributed by atoms with Crippen molar-refractivity contribution in [1.29, 1.82) is 0 Å². The van der Waals surface area contributed by atoms with Crippen LogP contribution in [0.4, 0.5) is 0 Å². The molecule has 0 saturated carbocycles.